The molecule has 0 radical (unpaired) electrons. The quantitative estimate of drug-likeness (QED) is 0.0274. The van der Waals surface area contributed by atoms with Crippen molar-refractivity contribution in [2.24, 2.45) is 4.99 Å². The highest BCUT2D eigenvalue weighted by Gasteiger charge is 2.21. The van der Waals surface area contributed by atoms with Crippen molar-refractivity contribution >= 4 is 23.8 Å². The van der Waals surface area contributed by atoms with E-state index in [2.05, 4.69) is 18.8 Å². The lowest BCUT2D eigenvalue weighted by Crippen LogP contribution is -2.12. The molecule has 56 heavy (non-hydrogen) atoms. The zero-order valence-electron chi connectivity index (χ0n) is 33.0. The Kier molecular flexibility index (Phi) is 19.6. The Hall–Kier alpha value is -5.05. The van der Waals surface area contributed by atoms with Crippen molar-refractivity contribution in [1.29, 1.82) is 0 Å². The van der Waals surface area contributed by atoms with E-state index in [-0.39, 0.29) is 18.1 Å². The number of ether oxygens (including phenoxy) is 4. The van der Waals surface area contributed by atoms with Crippen molar-refractivity contribution in [3.05, 3.63) is 113 Å². The lowest BCUT2D eigenvalue weighted by molar-refractivity contribution is 0.0721. The van der Waals surface area contributed by atoms with Crippen LogP contribution < -0.4 is 18.9 Å². The number of benzene rings is 4. The van der Waals surface area contributed by atoms with Gasteiger partial charge in [0.05, 0.1) is 30.0 Å². The number of carbonyl (C=O) groups is 2. The summed E-state index contributed by atoms with van der Waals surface area (Å²) in [6, 6.07) is 22.5. The minimum Gasteiger partial charge on any atom is -0.494 e. The summed E-state index contributed by atoms with van der Waals surface area (Å²) in [5, 5.41) is 0. The predicted octanol–water partition coefficient (Wildman–Crippen LogP) is 13.2. The van der Waals surface area contributed by atoms with Gasteiger partial charge in [0.1, 0.15) is 17.2 Å². The van der Waals surface area contributed by atoms with E-state index in [1.54, 1.807) is 66.9 Å². The molecule has 0 aliphatic carbocycles. The smallest absolute Gasteiger partial charge is 0.346 e. The van der Waals surface area contributed by atoms with Crippen molar-refractivity contribution in [3.8, 4) is 23.0 Å². The number of rotatable bonds is 26. The largest absolute Gasteiger partial charge is 0.494 e. The molecule has 0 amide bonds. The van der Waals surface area contributed by atoms with Crippen molar-refractivity contribution in [1.82, 2.24) is 0 Å². The van der Waals surface area contributed by atoms with Crippen LogP contribution in [0.4, 0.5) is 14.5 Å². The lowest BCUT2D eigenvalue weighted by Gasteiger charge is -2.10. The van der Waals surface area contributed by atoms with E-state index in [1.807, 2.05) is 0 Å². The van der Waals surface area contributed by atoms with Crippen LogP contribution in [0.3, 0.4) is 0 Å². The minimum absolute atomic E-state index is 0.162. The van der Waals surface area contributed by atoms with Crippen LogP contribution in [0.2, 0.25) is 0 Å². The summed E-state index contributed by atoms with van der Waals surface area (Å²) in [6.07, 6.45) is 20.4. The predicted molar refractivity (Wildman–Crippen MR) is 219 cm³/mol. The van der Waals surface area contributed by atoms with Gasteiger partial charge in [-0.3, -0.25) is 4.99 Å². The fourth-order valence-electron chi connectivity index (χ4n) is 6.03. The SMILES string of the molecule is CCCCCCCCCCCCOc1ccc(C(=O)Oc2ccc(C=Nc3ccc(OC(=O)c4ccc(OCCCCCCCC)cc4)cc3)cc2)c(F)c1F. The molecule has 0 unspecified atom stereocenters. The second-order valence-electron chi connectivity index (χ2n) is 14.0. The molecule has 7 nitrogen and oxygen atoms in total. The molecule has 0 fully saturated rings. The molecule has 9 heteroatoms. The Morgan fingerprint density at radius 1 is 0.518 bits per heavy atom. The van der Waals surface area contributed by atoms with Crippen LogP contribution in [-0.4, -0.2) is 31.4 Å². The van der Waals surface area contributed by atoms with E-state index in [4.69, 9.17) is 18.9 Å². The molecular formula is C47H57F2NO6. The third-order valence-corrected chi connectivity index (χ3v) is 9.38. The molecule has 4 aromatic rings. The number of hydrogen-bond acceptors (Lipinski definition) is 7. The maximum Gasteiger partial charge on any atom is 0.346 e. The lowest BCUT2D eigenvalue weighted by atomic mass is 10.1. The Bertz CT molecular complexity index is 1770. The van der Waals surface area contributed by atoms with Gasteiger partial charge >= 0.3 is 11.9 Å². The Morgan fingerprint density at radius 2 is 1.00 bits per heavy atom. The molecule has 0 saturated heterocycles. The first-order valence-electron chi connectivity index (χ1n) is 20.4. The van der Waals surface area contributed by atoms with E-state index in [1.165, 1.54) is 94.9 Å². The topological polar surface area (TPSA) is 83.4 Å². The van der Waals surface area contributed by atoms with Gasteiger partial charge in [0.25, 0.3) is 0 Å². The monoisotopic (exact) mass is 769 g/mol. The minimum atomic E-state index is -1.31. The summed E-state index contributed by atoms with van der Waals surface area (Å²) < 4.78 is 51.6. The van der Waals surface area contributed by atoms with Crippen LogP contribution in [-0.2, 0) is 0 Å². The third-order valence-electron chi connectivity index (χ3n) is 9.38. The average molecular weight is 770 g/mol. The second-order valence-corrected chi connectivity index (χ2v) is 14.0. The number of aliphatic imine (C=N–C) groups is 1. The van der Waals surface area contributed by atoms with E-state index in [0.717, 1.165) is 37.9 Å². The van der Waals surface area contributed by atoms with Crippen LogP contribution in [0.1, 0.15) is 143 Å². The molecule has 0 aliphatic heterocycles. The van der Waals surface area contributed by atoms with Crippen LogP contribution in [0.25, 0.3) is 0 Å². The molecule has 0 N–H and O–H groups in total. The summed E-state index contributed by atoms with van der Waals surface area (Å²) in [6.45, 7) is 5.35. The van der Waals surface area contributed by atoms with Crippen molar-refractivity contribution < 1.29 is 37.3 Å². The molecule has 0 bridgehead atoms. The zero-order valence-corrected chi connectivity index (χ0v) is 33.0. The molecule has 0 atom stereocenters. The summed E-state index contributed by atoms with van der Waals surface area (Å²) in [7, 11) is 0. The van der Waals surface area contributed by atoms with Crippen LogP contribution in [0.15, 0.2) is 89.9 Å². The van der Waals surface area contributed by atoms with E-state index >= 15 is 0 Å². The summed E-state index contributed by atoms with van der Waals surface area (Å²) in [4.78, 5) is 29.8. The molecule has 4 rings (SSSR count). The van der Waals surface area contributed by atoms with Gasteiger partial charge in [0.15, 0.2) is 11.6 Å². The number of esters is 2. The van der Waals surface area contributed by atoms with E-state index in [0.29, 0.717) is 29.2 Å². The van der Waals surface area contributed by atoms with Gasteiger partial charge in [-0.15, -0.1) is 0 Å². The molecular weight excluding hydrogens is 713 g/mol. The third kappa shape index (κ3) is 15.6. The fourth-order valence-corrected chi connectivity index (χ4v) is 6.03. The molecule has 300 valence electrons. The summed E-state index contributed by atoms with van der Waals surface area (Å²) in [5.74, 6) is -2.97. The van der Waals surface area contributed by atoms with Crippen LogP contribution in [0.5, 0.6) is 23.0 Å². The van der Waals surface area contributed by atoms with Gasteiger partial charge in [-0.25, -0.2) is 14.0 Å². The molecule has 0 aliphatic rings. The average Bonchev–Trinajstić information content (AvgIpc) is 3.21. The maximum atomic E-state index is 14.8. The van der Waals surface area contributed by atoms with Gasteiger partial charge in [-0.2, -0.15) is 4.39 Å². The Morgan fingerprint density at radius 3 is 1.57 bits per heavy atom. The van der Waals surface area contributed by atoms with Gasteiger partial charge in [-0.05, 0) is 103 Å². The van der Waals surface area contributed by atoms with Crippen molar-refractivity contribution in [2.75, 3.05) is 13.2 Å². The highest BCUT2D eigenvalue weighted by Crippen LogP contribution is 2.25. The maximum absolute atomic E-state index is 14.8. The number of nitrogens with zero attached hydrogens (tertiary/aromatic N) is 1. The molecule has 0 saturated carbocycles. The summed E-state index contributed by atoms with van der Waals surface area (Å²) in [5.41, 5.74) is 1.24. The van der Waals surface area contributed by atoms with Crippen molar-refractivity contribution in [2.45, 2.75) is 117 Å². The van der Waals surface area contributed by atoms with E-state index in [9.17, 15) is 18.4 Å². The standard InChI is InChI=1S/C47H57F2NO6/c1-3-5-7-9-11-12-13-14-16-18-34-54-43-32-31-42(44(48)45(43)49)47(52)56-40-25-19-36(20-26-40)35-50-38-23-29-41(30-24-38)55-46(51)37-21-27-39(28-22-37)53-33-17-15-10-8-6-4-2/h19-32,35H,3-18,33-34H2,1-2H3. The zero-order chi connectivity index (χ0) is 39.8. The first-order valence-corrected chi connectivity index (χ1v) is 20.4. The van der Waals surface area contributed by atoms with Crippen LogP contribution in [0, 0.1) is 11.6 Å². The van der Waals surface area contributed by atoms with Crippen molar-refractivity contribution in [3.63, 3.8) is 0 Å². The Labute approximate surface area is 331 Å². The summed E-state index contributed by atoms with van der Waals surface area (Å²) >= 11 is 0. The van der Waals surface area contributed by atoms with Gasteiger partial charge < -0.3 is 18.9 Å². The molecule has 4 aromatic carbocycles. The van der Waals surface area contributed by atoms with Gasteiger partial charge in [-0.1, -0.05) is 104 Å². The first-order chi connectivity index (χ1) is 27.4. The van der Waals surface area contributed by atoms with Gasteiger partial charge in [0.2, 0.25) is 5.82 Å². The molecule has 0 spiro atoms. The normalized spacial score (nSPS) is 11.1. The fraction of sp³-hybridized carbons (Fsp3) is 0.426. The van der Waals surface area contributed by atoms with Gasteiger partial charge in [0, 0.05) is 6.21 Å². The number of halogens is 2. The first kappa shape index (κ1) is 43.7. The Balaban J connectivity index is 1.16. The highest BCUT2D eigenvalue weighted by atomic mass is 19.2. The highest BCUT2D eigenvalue weighted by molar-refractivity contribution is 5.92. The second kappa shape index (κ2) is 25.2. The number of hydrogen-bond donors (Lipinski definition) is 0. The number of carbonyl (C=O) groups excluding carboxylic acids is 2. The number of unbranched alkanes of at least 4 members (excludes halogenated alkanes) is 14. The van der Waals surface area contributed by atoms with E-state index < -0.39 is 29.1 Å². The molecule has 0 aromatic heterocycles. The molecule has 0 heterocycles. The van der Waals surface area contributed by atoms with Crippen LogP contribution >= 0.6 is 0 Å².